The molecule has 1 aliphatic carbocycles. The topological polar surface area (TPSA) is 87.3 Å². The fourth-order valence-electron chi connectivity index (χ4n) is 2.02. The number of carbonyl (C=O) groups excluding carboxylic acids is 1. The van der Waals surface area contributed by atoms with Crippen LogP contribution < -0.4 is 15.4 Å². The van der Waals surface area contributed by atoms with Crippen LogP contribution in [0.25, 0.3) is 0 Å². The Labute approximate surface area is 128 Å². The summed E-state index contributed by atoms with van der Waals surface area (Å²) in [5, 5.41) is 5.83. The van der Waals surface area contributed by atoms with E-state index in [0.29, 0.717) is 5.69 Å². The first-order chi connectivity index (χ1) is 10.0. The average molecular weight is 327 g/mol. The van der Waals surface area contributed by atoms with Crippen molar-refractivity contribution in [3.8, 4) is 0 Å². The van der Waals surface area contributed by atoms with Crippen LogP contribution in [-0.4, -0.2) is 38.0 Å². The molecule has 1 aliphatic heterocycles. The van der Waals surface area contributed by atoms with Crippen molar-refractivity contribution >= 4 is 33.4 Å². The Balaban J connectivity index is 1.71. The van der Waals surface area contributed by atoms with E-state index in [2.05, 4.69) is 15.4 Å². The van der Waals surface area contributed by atoms with E-state index in [-0.39, 0.29) is 22.9 Å². The van der Waals surface area contributed by atoms with E-state index in [1.54, 1.807) is 23.9 Å². The average Bonchev–Trinajstić information content (AvgIpc) is 3.08. The number of hydrogen-bond donors (Lipinski definition) is 3. The van der Waals surface area contributed by atoms with Crippen molar-refractivity contribution in [1.29, 1.82) is 0 Å². The summed E-state index contributed by atoms with van der Waals surface area (Å²) in [6, 6.07) is 6.19. The lowest BCUT2D eigenvalue weighted by atomic mass is 10.2. The van der Waals surface area contributed by atoms with Gasteiger partial charge in [0.15, 0.2) is 0 Å². The second-order valence-electron chi connectivity index (χ2n) is 5.18. The molecule has 1 saturated heterocycles. The molecule has 1 atom stereocenters. The molecule has 0 spiro atoms. The van der Waals surface area contributed by atoms with Crippen molar-refractivity contribution in [3.05, 3.63) is 24.3 Å². The fraction of sp³-hybridized carbons (Fsp3) is 0.462. The number of anilines is 1. The predicted octanol–water partition coefficient (Wildman–Crippen LogP) is 0.728. The minimum absolute atomic E-state index is 0.0629. The zero-order valence-corrected chi connectivity index (χ0v) is 13.0. The Morgan fingerprint density at radius 3 is 2.81 bits per heavy atom. The highest BCUT2D eigenvalue weighted by atomic mass is 32.2. The summed E-state index contributed by atoms with van der Waals surface area (Å²) in [6.45, 7) is 0. The maximum absolute atomic E-state index is 12.1. The molecule has 114 valence electrons. The second kappa shape index (κ2) is 5.96. The van der Waals surface area contributed by atoms with Crippen molar-refractivity contribution < 1.29 is 13.2 Å². The molecule has 1 aromatic carbocycles. The van der Waals surface area contributed by atoms with Crippen LogP contribution in [0.3, 0.4) is 0 Å². The Morgan fingerprint density at radius 1 is 1.33 bits per heavy atom. The van der Waals surface area contributed by atoms with E-state index >= 15 is 0 Å². The van der Waals surface area contributed by atoms with Crippen molar-refractivity contribution in [3.63, 3.8) is 0 Å². The third-order valence-electron chi connectivity index (χ3n) is 3.34. The highest BCUT2D eigenvalue weighted by Crippen LogP contribution is 2.23. The van der Waals surface area contributed by atoms with Crippen LogP contribution in [0.1, 0.15) is 12.8 Å². The summed E-state index contributed by atoms with van der Waals surface area (Å²) in [6.07, 6.45) is 1.78. The minimum atomic E-state index is -3.50. The predicted molar refractivity (Wildman–Crippen MR) is 82.7 cm³/mol. The fourth-order valence-corrected chi connectivity index (χ4v) is 4.31. The molecule has 0 bridgehead atoms. The van der Waals surface area contributed by atoms with Crippen LogP contribution in [0, 0.1) is 0 Å². The Bertz CT molecular complexity index is 638. The van der Waals surface area contributed by atoms with Gasteiger partial charge in [-0.1, -0.05) is 6.07 Å². The van der Waals surface area contributed by atoms with Crippen molar-refractivity contribution in [2.45, 2.75) is 29.8 Å². The summed E-state index contributed by atoms with van der Waals surface area (Å²) in [5.41, 5.74) is 0.498. The van der Waals surface area contributed by atoms with Crippen molar-refractivity contribution in [2.75, 3.05) is 16.9 Å². The highest BCUT2D eigenvalue weighted by molar-refractivity contribution is 7.99. The monoisotopic (exact) mass is 327 g/mol. The number of amides is 1. The molecule has 0 aromatic heterocycles. The number of hydrogen-bond acceptors (Lipinski definition) is 5. The van der Waals surface area contributed by atoms with E-state index in [0.717, 1.165) is 24.5 Å². The van der Waals surface area contributed by atoms with Crippen LogP contribution in [0.4, 0.5) is 5.69 Å². The van der Waals surface area contributed by atoms with Crippen LogP contribution >= 0.6 is 11.8 Å². The van der Waals surface area contributed by atoms with E-state index in [9.17, 15) is 13.2 Å². The quantitative estimate of drug-likeness (QED) is 0.742. The molecule has 1 heterocycles. The van der Waals surface area contributed by atoms with E-state index in [1.165, 1.54) is 12.1 Å². The molecular weight excluding hydrogens is 310 g/mol. The second-order valence-corrected chi connectivity index (χ2v) is 7.93. The summed E-state index contributed by atoms with van der Waals surface area (Å²) in [5.74, 6) is 1.36. The summed E-state index contributed by atoms with van der Waals surface area (Å²) in [7, 11) is -3.50. The number of benzene rings is 1. The van der Waals surface area contributed by atoms with Crippen LogP contribution in [0.5, 0.6) is 0 Å². The number of carbonyl (C=O) groups is 1. The molecule has 8 heteroatoms. The molecule has 1 saturated carbocycles. The van der Waals surface area contributed by atoms with Gasteiger partial charge < -0.3 is 5.32 Å². The molecule has 1 aromatic rings. The van der Waals surface area contributed by atoms with Gasteiger partial charge in [0.25, 0.3) is 0 Å². The van der Waals surface area contributed by atoms with Gasteiger partial charge in [-0.2, -0.15) is 0 Å². The van der Waals surface area contributed by atoms with Gasteiger partial charge in [0.2, 0.25) is 15.9 Å². The van der Waals surface area contributed by atoms with E-state index in [1.807, 2.05) is 0 Å². The van der Waals surface area contributed by atoms with Crippen LogP contribution in [0.15, 0.2) is 29.2 Å². The Morgan fingerprint density at radius 2 is 2.14 bits per heavy atom. The number of thioether (sulfide) groups is 1. The van der Waals surface area contributed by atoms with Gasteiger partial charge in [0.1, 0.15) is 0 Å². The first kappa shape index (κ1) is 14.8. The van der Waals surface area contributed by atoms with Gasteiger partial charge in [0, 0.05) is 23.4 Å². The minimum Gasteiger partial charge on any atom is -0.325 e. The third-order valence-corrected chi connectivity index (χ3v) is 5.80. The molecule has 0 radical (unpaired) electrons. The molecule has 2 fully saturated rings. The van der Waals surface area contributed by atoms with Crippen molar-refractivity contribution in [2.24, 2.45) is 0 Å². The van der Waals surface area contributed by atoms with Gasteiger partial charge in [0.05, 0.1) is 10.9 Å². The zero-order valence-electron chi connectivity index (χ0n) is 11.3. The van der Waals surface area contributed by atoms with E-state index in [4.69, 9.17) is 0 Å². The maximum Gasteiger partial charge on any atom is 0.242 e. The highest BCUT2D eigenvalue weighted by Gasteiger charge is 2.28. The largest absolute Gasteiger partial charge is 0.325 e. The molecular formula is C13H17N3O3S2. The van der Waals surface area contributed by atoms with E-state index < -0.39 is 10.0 Å². The van der Waals surface area contributed by atoms with Gasteiger partial charge in [-0.05, 0) is 31.0 Å². The Kier molecular flexibility index (Phi) is 4.21. The molecule has 21 heavy (non-hydrogen) atoms. The van der Waals surface area contributed by atoms with Gasteiger partial charge >= 0.3 is 0 Å². The lowest BCUT2D eigenvalue weighted by Crippen LogP contribution is -2.37. The lowest BCUT2D eigenvalue weighted by molar-refractivity contribution is -0.117. The standard InChI is InChI=1S/C13H17N3O3S2/c17-13(12-7-20-8-14-12)15-10-2-1-3-11(6-10)21(18,19)16-9-4-5-9/h1-3,6,9,12,14,16H,4-5,7-8H2,(H,15,17). The molecule has 3 N–H and O–H groups in total. The first-order valence-electron chi connectivity index (χ1n) is 6.79. The molecule has 1 unspecified atom stereocenters. The van der Waals surface area contributed by atoms with Crippen LogP contribution in [-0.2, 0) is 14.8 Å². The lowest BCUT2D eigenvalue weighted by Gasteiger charge is -2.12. The summed E-state index contributed by atoms with van der Waals surface area (Å²) < 4.78 is 26.9. The van der Waals surface area contributed by atoms with Gasteiger partial charge in [-0.3, -0.25) is 10.1 Å². The summed E-state index contributed by atoms with van der Waals surface area (Å²) in [4.78, 5) is 12.2. The molecule has 3 rings (SSSR count). The molecule has 1 amide bonds. The Hall–Kier alpha value is -1.09. The molecule has 6 nitrogen and oxygen atoms in total. The number of sulfonamides is 1. The van der Waals surface area contributed by atoms with Crippen molar-refractivity contribution in [1.82, 2.24) is 10.0 Å². The smallest absolute Gasteiger partial charge is 0.242 e. The maximum atomic E-state index is 12.1. The number of nitrogens with one attached hydrogen (secondary N) is 3. The van der Waals surface area contributed by atoms with Gasteiger partial charge in [-0.25, -0.2) is 13.1 Å². The first-order valence-corrected chi connectivity index (χ1v) is 9.43. The molecule has 2 aliphatic rings. The van der Waals surface area contributed by atoms with Gasteiger partial charge in [-0.15, -0.1) is 11.8 Å². The normalized spacial score (nSPS) is 22.2. The third kappa shape index (κ3) is 3.76. The SMILES string of the molecule is O=C(Nc1cccc(S(=O)(=O)NC2CC2)c1)C1CSCN1. The number of rotatable bonds is 5. The van der Waals surface area contributed by atoms with Crippen LogP contribution in [0.2, 0.25) is 0 Å². The summed E-state index contributed by atoms with van der Waals surface area (Å²) >= 11 is 1.66. The zero-order chi connectivity index (χ0) is 14.9.